The minimum atomic E-state index is -1.52. The smallest absolute Gasteiger partial charge is 0.337 e. The molecule has 0 aliphatic rings. The number of aliphatic carboxylic acids is 2. The predicted octanol–water partition coefficient (Wildman–Crippen LogP) is 1.02. The zero-order valence-electron chi connectivity index (χ0n) is 12.3. The van der Waals surface area contributed by atoms with Crippen molar-refractivity contribution in [3.8, 4) is 11.5 Å². The monoisotopic (exact) mass is 336 g/mol. The molecule has 8 nitrogen and oxygen atoms in total. The summed E-state index contributed by atoms with van der Waals surface area (Å²) in [6.45, 7) is 0. The fourth-order valence-electron chi connectivity index (χ4n) is 1.60. The molecule has 6 N–H and O–H groups in total. The van der Waals surface area contributed by atoms with Crippen molar-refractivity contribution >= 4 is 11.9 Å². The maximum Gasteiger partial charge on any atom is 0.337 e. The Labute approximate surface area is 136 Å². The molecule has 8 heteroatoms. The summed E-state index contributed by atoms with van der Waals surface area (Å²) < 4.78 is 0. The second kappa shape index (κ2) is 8.51. The highest BCUT2D eigenvalue weighted by molar-refractivity contribution is 5.74. The number of hydrogen-bond donors (Lipinski definition) is 6. The van der Waals surface area contributed by atoms with Gasteiger partial charge in [-0.3, -0.25) is 0 Å². The SMILES string of the molecule is O=C(O)[C@H](O)c1ccc(O)cc1.O=C(O)[C@H](O)c1ccc(O)cc1. The van der Waals surface area contributed by atoms with E-state index in [1.54, 1.807) is 0 Å². The number of phenols is 2. The van der Waals surface area contributed by atoms with Gasteiger partial charge in [0.2, 0.25) is 0 Å². The van der Waals surface area contributed by atoms with E-state index in [1.165, 1.54) is 48.5 Å². The number of benzene rings is 2. The van der Waals surface area contributed by atoms with E-state index in [4.69, 9.17) is 30.6 Å². The number of aromatic hydroxyl groups is 2. The van der Waals surface area contributed by atoms with Gasteiger partial charge in [-0.05, 0) is 35.4 Å². The Morgan fingerprint density at radius 1 is 0.625 bits per heavy atom. The minimum absolute atomic E-state index is 0.0383. The molecule has 0 radical (unpaired) electrons. The Balaban J connectivity index is 0.000000240. The molecule has 0 aliphatic carbocycles. The number of aliphatic hydroxyl groups excluding tert-OH is 2. The van der Waals surface area contributed by atoms with E-state index in [1.807, 2.05) is 0 Å². The Morgan fingerprint density at radius 2 is 0.875 bits per heavy atom. The molecule has 0 aliphatic heterocycles. The van der Waals surface area contributed by atoms with E-state index in [0.29, 0.717) is 0 Å². The summed E-state index contributed by atoms with van der Waals surface area (Å²) in [4.78, 5) is 20.5. The lowest BCUT2D eigenvalue weighted by Gasteiger charge is -2.04. The van der Waals surface area contributed by atoms with Crippen LogP contribution >= 0.6 is 0 Å². The molecule has 0 aromatic heterocycles. The van der Waals surface area contributed by atoms with E-state index in [2.05, 4.69) is 0 Å². The highest BCUT2D eigenvalue weighted by Gasteiger charge is 2.15. The zero-order chi connectivity index (χ0) is 18.3. The van der Waals surface area contributed by atoms with Crippen molar-refractivity contribution < 1.29 is 40.2 Å². The third-order valence-corrected chi connectivity index (χ3v) is 2.89. The zero-order valence-corrected chi connectivity index (χ0v) is 12.3. The van der Waals surface area contributed by atoms with E-state index >= 15 is 0 Å². The van der Waals surface area contributed by atoms with Crippen molar-refractivity contribution in [3.05, 3.63) is 59.7 Å². The first kappa shape index (κ1) is 18.9. The Hall–Kier alpha value is -3.10. The highest BCUT2D eigenvalue weighted by Crippen LogP contribution is 2.17. The second-order valence-corrected chi connectivity index (χ2v) is 4.66. The van der Waals surface area contributed by atoms with Gasteiger partial charge in [0.25, 0.3) is 0 Å². The molecule has 0 bridgehead atoms. The van der Waals surface area contributed by atoms with Crippen LogP contribution in [0.1, 0.15) is 23.3 Å². The normalized spacial score (nSPS) is 12.4. The summed E-state index contributed by atoms with van der Waals surface area (Å²) in [5.41, 5.74) is 0.501. The fourth-order valence-corrected chi connectivity index (χ4v) is 1.60. The maximum atomic E-state index is 10.3. The Morgan fingerprint density at radius 3 is 1.08 bits per heavy atom. The summed E-state index contributed by atoms with van der Waals surface area (Å²) in [5.74, 6) is -2.53. The molecule has 2 atom stereocenters. The number of aliphatic hydroxyl groups is 2. The van der Waals surface area contributed by atoms with Gasteiger partial charge in [0.05, 0.1) is 0 Å². The molecule has 128 valence electrons. The quantitative estimate of drug-likeness (QED) is 0.483. The third-order valence-electron chi connectivity index (χ3n) is 2.89. The first-order valence-electron chi connectivity index (χ1n) is 6.62. The number of carboxylic acid groups (broad SMARTS) is 2. The van der Waals surface area contributed by atoms with Gasteiger partial charge in [0, 0.05) is 0 Å². The maximum absolute atomic E-state index is 10.3. The molecule has 2 rings (SSSR count). The van der Waals surface area contributed by atoms with Crippen LogP contribution in [-0.4, -0.2) is 42.6 Å². The van der Waals surface area contributed by atoms with Crippen LogP contribution in [0.15, 0.2) is 48.5 Å². The van der Waals surface area contributed by atoms with Crippen LogP contribution in [0, 0.1) is 0 Å². The number of carbonyl (C=O) groups is 2. The average molecular weight is 336 g/mol. The van der Waals surface area contributed by atoms with Gasteiger partial charge in [-0.1, -0.05) is 24.3 Å². The summed E-state index contributed by atoms with van der Waals surface area (Å²) in [6, 6.07) is 10.7. The number of carboxylic acids is 2. The first-order valence-corrected chi connectivity index (χ1v) is 6.62. The van der Waals surface area contributed by atoms with Crippen LogP contribution in [0.25, 0.3) is 0 Å². The number of hydrogen-bond acceptors (Lipinski definition) is 6. The summed E-state index contributed by atoms with van der Waals surface area (Å²) >= 11 is 0. The van der Waals surface area contributed by atoms with Gasteiger partial charge in [-0.15, -0.1) is 0 Å². The molecule has 2 aromatic carbocycles. The number of rotatable bonds is 4. The van der Waals surface area contributed by atoms with Crippen molar-refractivity contribution in [2.45, 2.75) is 12.2 Å². The molecule has 0 spiro atoms. The van der Waals surface area contributed by atoms with Crippen LogP contribution in [0.2, 0.25) is 0 Å². The van der Waals surface area contributed by atoms with Crippen LogP contribution in [-0.2, 0) is 9.59 Å². The molecule has 2 aromatic rings. The second-order valence-electron chi connectivity index (χ2n) is 4.66. The largest absolute Gasteiger partial charge is 0.508 e. The molecular weight excluding hydrogens is 320 g/mol. The predicted molar refractivity (Wildman–Crippen MR) is 81.4 cm³/mol. The topological polar surface area (TPSA) is 156 Å². The van der Waals surface area contributed by atoms with E-state index in [0.717, 1.165) is 0 Å². The Bertz CT molecular complexity index is 617. The van der Waals surface area contributed by atoms with Crippen molar-refractivity contribution in [1.82, 2.24) is 0 Å². The molecule has 24 heavy (non-hydrogen) atoms. The highest BCUT2D eigenvalue weighted by atomic mass is 16.4. The van der Waals surface area contributed by atoms with Gasteiger partial charge in [0.1, 0.15) is 11.5 Å². The Kier molecular flexibility index (Phi) is 6.72. The van der Waals surface area contributed by atoms with E-state index in [-0.39, 0.29) is 22.6 Å². The van der Waals surface area contributed by atoms with Crippen LogP contribution in [0.5, 0.6) is 11.5 Å². The first-order chi connectivity index (χ1) is 11.2. The lowest BCUT2D eigenvalue weighted by Crippen LogP contribution is -2.09. The van der Waals surface area contributed by atoms with Crippen LogP contribution in [0.4, 0.5) is 0 Å². The van der Waals surface area contributed by atoms with E-state index < -0.39 is 24.1 Å². The van der Waals surface area contributed by atoms with Gasteiger partial charge in [0.15, 0.2) is 12.2 Å². The molecule has 0 saturated carbocycles. The molecule has 0 fully saturated rings. The fraction of sp³-hybridized carbons (Fsp3) is 0.125. The van der Waals surface area contributed by atoms with Crippen molar-refractivity contribution in [2.24, 2.45) is 0 Å². The number of phenolic OH excluding ortho intramolecular Hbond substituents is 2. The van der Waals surface area contributed by atoms with Gasteiger partial charge < -0.3 is 30.6 Å². The van der Waals surface area contributed by atoms with Crippen molar-refractivity contribution in [3.63, 3.8) is 0 Å². The third kappa shape index (κ3) is 5.59. The van der Waals surface area contributed by atoms with Gasteiger partial charge in [-0.2, -0.15) is 0 Å². The van der Waals surface area contributed by atoms with Crippen molar-refractivity contribution in [1.29, 1.82) is 0 Å². The van der Waals surface area contributed by atoms with E-state index in [9.17, 15) is 9.59 Å². The average Bonchev–Trinajstić information content (AvgIpc) is 2.55. The molecule has 0 saturated heterocycles. The molecule has 0 unspecified atom stereocenters. The summed E-state index contributed by atoms with van der Waals surface area (Å²) in [5, 5.41) is 52.5. The molecule has 0 amide bonds. The van der Waals surface area contributed by atoms with Gasteiger partial charge in [-0.25, -0.2) is 9.59 Å². The summed E-state index contributed by atoms with van der Waals surface area (Å²) in [7, 11) is 0. The standard InChI is InChI=1S/2C8H8O4/c2*9-6-3-1-5(2-4-6)7(10)8(11)12/h2*1-4,7,9-10H,(H,11,12)/t2*7-/m11/s1. The lowest BCUT2D eigenvalue weighted by atomic mass is 10.1. The lowest BCUT2D eigenvalue weighted by molar-refractivity contribution is -0.147. The summed E-state index contributed by atoms with van der Waals surface area (Å²) in [6.07, 6.45) is -3.05. The van der Waals surface area contributed by atoms with Crippen LogP contribution in [0.3, 0.4) is 0 Å². The molecule has 0 heterocycles. The van der Waals surface area contributed by atoms with Gasteiger partial charge >= 0.3 is 11.9 Å². The minimum Gasteiger partial charge on any atom is -0.508 e. The van der Waals surface area contributed by atoms with Crippen molar-refractivity contribution in [2.75, 3.05) is 0 Å². The molecular formula is C16H16O8. The van der Waals surface area contributed by atoms with Crippen LogP contribution < -0.4 is 0 Å².